The molecule has 1 amide bonds. The quantitative estimate of drug-likeness (QED) is 0.307. The summed E-state index contributed by atoms with van der Waals surface area (Å²) >= 11 is 1.11. The molecule has 3 heterocycles. The third-order valence-electron chi connectivity index (χ3n) is 6.27. The Hall–Kier alpha value is -3.84. The summed E-state index contributed by atoms with van der Waals surface area (Å²) in [6, 6.07) is 6.12. The first-order valence-electron chi connectivity index (χ1n) is 12.0. The molecule has 0 aliphatic rings. The van der Waals surface area contributed by atoms with Crippen molar-refractivity contribution in [3.05, 3.63) is 68.7 Å². The number of hydrogen-bond acceptors (Lipinski definition) is 8. The first-order chi connectivity index (χ1) is 18.3. The number of primary amides is 1. The molecule has 0 spiro atoms. The summed E-state index contributed by atoms with van der Waals surface area (Å²) in [5.74, 6) is -0.756. The number of nitrogens with two attached hydrogens (primary N) is 1. The molecule has 208 valence electrons. The van der Waals surface area contributed by atoms with E-state index in [0.717, 1.165) is 15.9 Å². The molecule has 0 saturated heterocycles. The Balaban J connectivity index is 2.03. The highest BCUT2D eigenvalue weighted by molar-refractivity contribution is 7.22. The van der Waals surface area contributed by atoms with E-state index < -0.39 is 35.4 Å². The number of halogens is 2. The molecule has 0 aliphatic carbocycles. The summed E-state index contributed by atoms with van der Waals surface area (Å²) in [5.41, 5.74) is 3.16. The Kier molecular flexibility index (Phi) is 7.75. The van der Waals surface area contributed by atoms with Crippen LogP contribution >= 0.6 is 11.3 Å². The number of nitrogens with zero attached hydrogens (tertiary/aromatic N) is 3. The maximum Gasteiger partial charge on any atom is 0.387 e. The van der Waals surface area contributed by atoms with Crippen LogP contribution in [-0.4, -0.2) is 32.7 Å². The van der Waals surface area contributed by atoms with Crippen molar-refractivity contribution in [1.82, 2.24) is 14.1 Å². The first kappa shape index (κ1) is 28.2. The van der Waals surface area contributed by atoms with E-state index in [9.17, 15) is 23.2 Å². The fourth-order valence-corrected chi connectivity index (χ4v) is 5.55. The van der Waals surface area contributed by atoms with Gasteiger partial charge in [0, 0.05) is 5.56 Å². The Morgan fingerprint density at radius 3 is 2.51 bits per heavy atom. The summed E-state index contributed by atoms with van der Waals surface area (Å²) in [4.78, 5) is 45.0. The van der Waals surface area contributed by atoms with Gasteiger partial charge in [0.25, 0.3) is 5.56 Å². The normalized spacial score (nSPS) is 12.9. The van der Waals surface area contributed by atoms with Crippen LogP contribution in [0.15, 0.2) is 50.7 Å². The highest BCUT2D eigenvalue weighted by Gasteiger charge is 2.35. The molecule has 13 heteroatoms. The van der Waals surface area contributed by atoms with Crippen molar-refractivity contribution < 1.29 is 27.5 Å². The summed E-state index contributed by atoms with van der Waals surface area (Å²) in [6.07, 6.45) is 1.51. The third-order valence-corrected chi connectivity index (χ3v) is 7.57. The van der Waals surface area contributed by atoms with E-state index in [-0.39, 0.29) is 40.1 Å². The predicted octanol–water partition coefficient (Wildman–Crippen LogP) is 4.18. The van der Waals surface area contributed by atoms with E-state index >= 15 is 0 Å². The zero-order valence-electron chi connectivity index (χ0n) is 21.9. The van der Waals surface area contributed by atoms with Crippen molar-refractivity contribution in [3.63, 3.8) is 0 Å². The number of aromatic nitrogens is 3. The molecule has 0 bridgehead atoms. The average molecular weight is 563 g/mol. The van der Waals surface area contributed by atoms with Crippen LogP contribution in [0.2, 0.25) is 0 Å². The number of aryl methyl sites for hydroxylation is 1. The lowest BCUT2D eigenvalue weighted by Crippen LogP contribution is -2.54. The molecular formula is C26H28F2N4O6S. The van der Waals surface area contributed by atoms with Crippen molar-refractivity contribution in [2.24, 2.45) is 5.73 Å². The lowest BCUT2D eigenvalue weighted by atomic mass is 10.0. The minimum absolute atomic E-state index is 0.115. The van der Waals surface area contributed by atoms with Gasteiger partial charge in [0.15, 0.2) is 0 Å². The van der Waals surface area contributed by atoms with Crippen molar-refractivity contribution in [2.45, 2.75) is 65.5 Å². The van der Waals surface area contributed by atoms with E-state index in [2.05, 4.69) is 4.98 Å². The topological polar surface area (TPSA) is 132 Å². The van der Waals surface area contributed by atoms with Crippen LogP contribution in [0.5, 0.6) is 5.75 Å². The number of fused-ring (bicyclic) bond motifs is 1. The minimum atomic E-state index is -3.08. The Labute approximate surface area is 225 Å². The summed E-state index contributed by atoms with van der Waals surface area (Å²) in [6.45, 7) is 4.67. The number of oxazole rings is 1. The number of hydrogen-bond donors (Lipinski definition) is 1. The van der Waals surface area contributed by atoms with Gasteiger partial charge < -0.3 is 19.6 Å². The lowest BCUT2D eigenvalue weighted by molar-refractivity contribution is -0.125. The van der Waals surface area contributed by atoms with Gasteiger partial charge in [0.1, 0.15) is 28.5 Å². The number of thiophene rings is 1. The fourth-order valence-electron chi connectivity index (χ4n) is 4.31. The van der Waals surface area contributed by atoms with Crippen molar-refractivity contribution >= 4 is 27.5 Å². The van der Waals surface area contributed by atoms with Gasteiger partial charge in [-0.25, -0.2) is 14.3 Å². The average Bonchev–Trinajstić information content (AvgIpc) is 3.48. The second-order valence-electron chi connectivity index (χ2n) is 9.62. The molecule has 2 N–H and O–H groups in total. The third kappa shape index (κ3) is 5.23. The van der Waals surface area contributed by atoms with E-state index in [1.165, 1.54) is 36.9 Å². The van der Waals surface area contributed by atoms with Crippen LogP contribution in [0, 0.1) is 6.92 Å². The molecule has 1 atom stereocenters. The van der Waals surface area contributed by atoms with Gasteiger partial charge in [-0.2, -0.15) is 8.78 Å². The Morgan fingerprint density at radius 2 is 1.92 bits per heavy atom. The first-order valence-corrected chi connectivity index (χ1v) is 12.8. The number of para-hydroxylation sites is 1. The summed E-state index contributed by atoms with van der Waals surface area (Å²) in [7, 11) is 0. The maximum atomic E-state index is 14.0. The summed E-state index contributed by atoms with van der Waals surface area (Å²) < 4.78 is 44.8. The van der Waals surface area contributed by atoms with Crippen molar-refractivity contribution in [1.29, 1.82) is 0 Å². The molecule has 3 aromatic heterocycles. The minimum Gasteiger partial charge on any atom is -0.444 e. The van der Waals surface area contributed by atoms with Crippen LogP contribution in [0.4, 0.5) is 8.78 Å². The van der Waals surface area contributed by atoms with E-state index in [4.69, 9.17) is 19.6 Å². The molecule has 10 nitrogen and oxygen atoms in total. The van der Waals surface area contributed by atoms with Crippen LogP contribution in [0.3, 0.4) is 0 Å². The molecule has 0 fully saturated rings. The van der Waals surface area contributed by atoms with Crippen molar-refractivity contribution in [2.75, 3.05) is 0 Å². The number of alkyl halides is 2. The number of carbonyl (C=O) groups is 1. The molecule has 0 aliphatic heterocycles. The van der Waals surface area contributed by atoms with Gasteiger partial charge in [-0.1, -0.05) is 18.2 Å². The second kappa shape index (κ2) is 10.7. The predicted molar refractivity (Wildman–Crippen MR) is 141 cm³/mol. The van der Waals surface area contributed by atoms with Crippen LogP contribution < -0.4 is 21.7 Å². The highest BCUT2D eigenvalue weighted by Crippen LogP contribution is 2.37. The molecule has 4 aromatic rings. The number of ether oxygens (including phenoxy) is 2. The molecule has 0 saturated carbocycles. The van der Waals surface area contributed by atoms with Gasteiger partial charge >= 0.3 is 12.3 Å². The highest BCUT2D eigenvalue weighted by atomic mass is 32.1. The standard InChI is InChI=1S/C26H28F2N4O6S/c1-13(2)37-17(15-8-6-7-9-16(15)38-24(27)28)12-31-22-18(14(3)19(39-22)20-30-10-11-36-20)21(33)32(25(31)35)26(4,5)23(29)34/h6-11,13,17,24H,12H2,1-5H3,(H2,29,34)/t17-/m0/s1. The van der Waals surface area contributed by atoms with Crippen molar-refractivity contribution in [3.8, 4) is 16.5 Å². The number of amides is 1. The van der Waals surface area contributed by atoms with E-state index in [1.807, 2.05) is 0 Å². The molecule has 39 heavy (non-hydrogen) atoms. The SMILES string of the molecule is Cc1c(-c2ncco2)sc2c1c(=O)n(C(C)(C)C(N)=O)c(=O)n2C[C@H](OC(C)C)c1ccccc1OC(F)F. The zero-order chi connectivity index (χ0) is 28.6. The van der Waals surface area contributed by atoms with Gasteiger partial charge in [0.2, 0.25) is 11.8 Å². The molecule has 0 unspecified atom stereocenters. The largest absolute Gasteiger partial charge is 0.444 e. The zero-order valence-corrected chi connectivity index (χ0v) is 22.8. The Morgan fingerprint density at radius 1 is 1.23 bits per heavy atom. The lowest BCUT2D eigenvalue weighted by Gasteiger charge is -2.27. The van der Waals surface area contributed by atoms with Gasteiger partial charge in [-0.05, 0) is 46.2 Å². The van der Waals surface area contributed by atoms with E-state index in [0.29, 0.717) is 10.4 Å². The molecular weight excluding hydrogens is 534 g/mol. The molecule has 1 aromatic carbocycles. The van der Waals surface area contributed by atoms with Crippen LogP contribution in [0.1, 0.15) is 44.9 Å². The van der Waals surface area contributed by atoms with Gasteiger partial charge in [0.05, 0.1) is 29.1 Å². The fraction of sp³-hybridized carbons (Fsp3) is 0.385. The maximum absolute atomic E-state index is 14.0. The Bertz CT molecular complexity index is 1620. The number of carbonyl (C=O) groups excluding carboxylic acids is 1. The molecule has 4 rings (SSSR count). The van der Waals surface area contributed by atoms with Gasteiger partial charge in [-0.3, -0.25) is 14.2 Å². The van der Waals surface area contributed by atoms with Crippen LogP contribution in [0.25, 0.3) is 21.0 Å². The molecule has 0 radical (unpaired) electrons. The van der Waals surface area contributed by atoms with E-state index in [1.54, 1.807) is 39.0 Å². The second-order valence-corrected chi connectivity index (χ2v) is 10.6. The number of rotatable bonds is 10. The monoisotopic (exact) mass is 562 g/mol. The summed E-state index contributed by atoms with van der Waals surface area (Å²) in [5, 5.41) is 0.169. The van der Waals surface area contributed by atoms with Gasteiger partial charge in [-0.15, -0.1) is 11.3 Å². The van der Waals surface area contributed by atoms with Crippen LogP contribution in [-0.2, 0) is 21.6 Å². The number of benzene rings is 1. The smallest absolute Gasteiger partial charge is 0.387 e.